The molecular formula is C55H106O6. The summed E-state index contributed by atoms with van der Waals surface area (Å²) in [4.78, 5) is 37.9. The van der Waals surface area contributed by atoms with E-state index in [1.54, 1.807) is 0 Å². The molecular weight excluding hydrogens is 757 g/mol. The molecule has 0 fully saturated rings. The van der Waals surface area contributed by atoms with Gasteiger partial charge < -0.3 is 14.2 Å². The van der Waals surface area contributed by atoms with Crippen molar-refractivity contribution >= 4 is 17.9 Å². The summed E-state index contributed by atoms with van der Waals surface area (Å²) < 4.78 is 16.8. The Bertz CT molecular complexity index is 918. The minimum absolute atomic E-state index is 0.0623. The van der Waals surface area contributed by atoms with Crippen molar-refractivity contribution in [3.05, 3.63) is 0 Å². The third-order valence-corrected chi connectivity index (χ3v) is 12.5. The zero-order chi connectivity index (χ0) is 44.5. The first-order chi connectivity index (χ1) is 29.9. The van der Waals surface area contributed by atoms with Crippen LogP contribution < -0.4 is 0 Å². The van der Waals surface area contributed by atoms with Crippen LogP contribution in [0.25, 0.3) is 0 Å². The molecule has 0 saturated carbocycles. The average molecular weight is 863 g/mol. The molecule has 0 aliphatic carbocycles. The van der Waals surface area contributed by atoms with Gasteiger partial charge in [0.25, 0.3) is 0 Å². The number of carbonyl (C=O) groups is 3. The number of rotatable bonds is 50. The maximum atomic E-state index is 12.8. The molecule has 61 heavy (non-hydrogen) atoms. The van der Waals surface area contributed by atoms with Crippen molar-refractivity contribution in [2.45, 2.75) is 316 Å². The second-order valence-electron chi connectivity index (χ2n) is 19.3. The van der Waals surface area contributed by atoms with E-state index in [0.717, 1.165) is 63.7 Å². The Morgan fingerprint density at radius 1 is 0.311 bits per heavy atom. The Kier molecular flexibility index (Phi) is 48.1. The first kappa shape index (κ1) is 59.4. The van der Waals surface area contributed by atoms with E-state index in [1.165, 1.54) is 205 Å². The monoisotopic (exact) mass is 863 g/mol. The minimum atomic E-state index is -0.760. The maximum absolute atomic E-state index is 12.8. The van der Waals surface area contributed by atoms with Gasteiger partial charge in [0.1, 0.15) is 13.2 Å². The van der Waals surface area contributed by atoms with Crippen LogP contribution in [0, 0.1) is 5.92 Å². The van der Waals surface area contributed by atoms with Crippen molar-refractivity contribution in [1.29, 1.82) is 0 Å². The van der Waals surface area contributed by atoms with Gasteiger partial charge in [0.05, 0.1) is 0 Å². The standard InChI is InChI=1S/C55H106O6/c1-5-7-9-11-13-15-16-17-20-25-28-32-36-40-44-48-55(58)61-52(49-59-53(56)46-42-38-34-29-14-12-10-8-6-2)50-60-54(57)47-43-39-35-31-27-24-22-19-18-21-23-26-30-33-37-41-45-51(3)4/h51-52H,5-50H2,1-4H3/t52-/m1/s1. The fourth-order valence-corrected chi connectivity index (χ4v) is 8.39. The smallest absolute Gasteiger partial charge is 0.306 e. The molecule has 1 atom stereocenters. The first-order valence-electron chi connectivity index (χ1n) is 27.4. The van der Waals surface area contributed by atoms with Crippen molar-refractivity contribution in [2.24, 2.45) is 5.92 Å². The van der Waals surface area contributed by atoms with Crippen molar-refractivity contribution in [3.63, 3.8) is 0 Å². The summed E-state index contributed by atoms with van der Waals surface area (Å²) in [5.41, 5.74) is 0. The largest absolute Gasteiger partial charge is 0.462 e. The van der Waals surface area contributed by atoms with Crippen LogP contribution in [0.15, 0.2) is 0 Å². The van der Waals surface area contributed by atoms with Crippen LogP contribution in [0.4, 0.5) is 0 Å². The molecule has 6 heteroatoms. The number of unbranched alkanes of at least 4 members (excludes halogenated alkanes) is 37. The molecule has 0 N–H and O–H groups in total. The minimum Gasteiger partial charge on any atom is -0.462 e. The lowest BCUT2D eigenvalue weighted by Gasteiger charge is -2.18. The predicted octanol–water partition coefficient (Wildman–Crippen LogP) is 17.8. The number of hydrogen-bond acceptors (Lipinski definition) is 6. The summed E-state index contributed by atoms with van der Waals surface area (Å²) in [5.74, 6) is 0.0105. The van der Waals surface area contributed by atoms with Crippen LogP contribution in [0.5, 0.6) is 0 Å². The molecule has 0 radical (unpaired) electrons. The second kappa shape index (κ2) is 49.4. The Hall–Kier alpha value is -1.59. The number of hydrogen-bond donors (Lipinski definition) is 0. The highest BCUT2D eigenvalue weighted by Gasteiger charge is 2.19. The molecule has 0 aromatic rings. The Balaban J connectivity index is 4.21. The van der Waals surface area contributed by atoms with Crippen LogP contribution in [-0.4, -0.2) is 37.2 Å². The predicted molar refractivity (Wildman–Crippen MR) is 261 cm³/mol. The zero-order valence-corrected chi connectivity index (χ0v) is 41.6. The van der Waals surface area contributed by atoms with Gasteiger partial charge in [-0.2, -0.15) is 0 Å². The van der Waals surface area contributed by atoms with Crippen LogP contribution in [0.1, 0.15) is 310 Å². The number of carbonyl (C=O) groups excluding carboxylic acids is 3. The van der Waals surface area contributed by atoms with Crippen molar-refractivity contribution < 1.29 is 28.6 Å². The molecule has 0 saturated heterocycles. The molecule has 0 unspecified atom stereocenters. The van der Waals surface area contributed by atoms with E-state index >= 15 is 0 Å². The summed E-state index contributed by atoms with van der Waals surface area (Å²) in [5, 5.41) is 0. The summed E-state index contributed by atoms with van der Waals surface area (Å²) in [7, 11) is 0. The third-order valence-electron chi connectivity index (χ3n) is 12.5. The van der Waals surface area contributed by atoms with Gasteiger partial charge in [-0.25, -0.2) is 0 Å². The van der Waals surface area contributed by atoms with Crippen LogP contribution in [0.2, 0.25) is 0 Å². The van der Waals surface area contributed by atoms with E-state index < -0.39 is 6.10 Å². The average Bonchev–Trinajstić information content (AvgIpc) is 3.24. The Morgan fingerprint density at radius 3 is 0.803 bits per heavy atom. The van der Waals surface area contributed by atoms with Gasteiger partial charge in [-0.1, -0.05) is 272 Å². The second-order valence-corrected chi connectivity index (χ2v) is 19.3. The number of ether oxygens (including phenoxy) is 3. The van der Waals surface area contributed by atoms with E-state index in [9.17, 15) is 14.4 Å². The molecule has 0 amide bonds. The fourth-order valence-electron chi connectivity index (χ4n) is 8.39. The molecule has 362 valence electrons. The first-order valence-corrected chi connectivity index (χ1v) is 27.4. The van der Waals surface area contributed by atoms with Gasteiger partial charge in [0.15, 0.2) is 6.10 Å². The Labute approximate surface area is 380 Å². The SMILES string of the molecule is CCCCCCCCCCCCCCCCCC(=O)O[C@H](COC(=O)CCCCCCCCCCC)COC(=O)CCCCCCCCCCCCCCCCCCC(C)C. The number of esters is 3. The van der Waals surface area contributed by atoms with Gasteiger partial charge in [-0.3, -0.25) is 14.4 Å². The van der Waals surface area contributed by atoms with Gasteiger partial charge in [0.2, 0.25) is 0 Å². The van der Waals surface area contributed by atoms with E-state index in [2.05, 4.69) is 27.7 Å². The van der Waals surface area contributed by atoms with Crippen molar-refractivity contribution in [3.8, 4) is 0 Å². The van der Waals surface area contributed by atoms with E-state index in [1.807, 2.05) is 0 Å². The highest BCUT2D eigenvalue weighted by molar-refractivity contribution is 5.71. The summed E-state index contributed by atoms with van der Waals surface area (Å²) >= 11 is 0. The molecule has 0 aromatic carbocycles. The van der Waals surface area contributed by atoms with Gasteiger partial charge in [-0.05, 0) is 25.2 Å². The van der Waals surface area contributed by atoms with E-state index in [-0.39, 0.29) is 31.1 Å². The van der Waals surface area contributed by atoms with Crippen molar-refractivity contribution in [2.75, 3.05) is 13.2 Å². The molecule has 0 spiro atoms. The van der Waals surface area contributed by atoms with E-state index in [0.29, 0.717) is 19.3 Å². The summed E-state index contributed by atoms with van der Waals surface area (Å²) in [6.07, 6.45) is 52.4. The normalized spacial score (nSPS) is 12.0. The van der Waals surface area contributed by atoms with Gasteiger partial charge in [0, 0.05) is 19.3 Å². The maximum Gasteiger partial charge on any atom is 0.306 e. The highest BCUT2D eigenvalue weighted by atomic mass is 16.6. The van der Waals surface area contributed by atoms with Crippen LogP contribution in [0.3, 0.4) is 0 Å². The lowest BCUT2D eigenvalue weighted by atomic mass is 10.0. The molecule has 0 aliphatic heterocycles. The van der Waals surface area contributed by atoms with Crippen molar-refractivity contribution in [1.82, 2.24) is 0 Å². The summed E-state index contributed by atoms with van der Waals surface area (Å²) in [6.45, 7) is 9.04. The van der Waals surface area contributed by atoms with Crippen LogP contribution >= 0.6 is 0 Å². The van der Waals surface area contributed by atoms with Crippen LogP contribution in [-0.2, 0) is 28.6 Å². The molecule has 0 heterocycles. The fraction of sp³-hybridized carbons (Fsp3) is 0.945. The quantitative estimate of drug-likeness (QED) is 0.0344. The molecule has 0 rings (SSSR count). The van der Waals surface area contributed by atoms with E-state index in [4.69, 9.17) is 14.2 Å². The summed E-state index contributed by atoms with van der Waals surface area (Å²) in [6, 6.07) is 0. The molecule has 0 aromatic heterocycles. The molecule has 6 nitrogen and oxygen atoms in total. The highest BCUT2D eigenvalue weighted by Crippen LogP contribution is 2.17. The van der Waals surface area contributed by atoms with Gasteiger partial charge >= 0.3 is 17.9 Å². The van der Waals surface area contributed by atoms with Gasteiger partial charge in [-0.15, -0.1) is 0 Å². The lowest BCUT2D eigenvalue weighted by molar-refractivity contribution is -0.167. The molecule has 0 aliphatic rings. The topological polar surface area (TPSA) is 78.9 Å². The zero-order valence-electron chi connectivity index (χ0n) is 41.6. The molecule has 0 bridgehead atoms. The Morgan fingerprint density at radius 2 is 0.541 bits per heavy atom. The lowest BCUT2D eigenvalue weighted by Crippen LogP contribution is -2.30. The third kappa shape index (κ3) is 49.3.